The number of aliphatic hydroxyl groups excluding tert-OH is 1. The molecule has 0 aromatic carbocycles. The van der Waals surface area contributed by atoms with Crippen LogP contribution >= 0.6 is 0 Å². The van der Waals surface area contributed by atoms with Crippen LogP contribution < -0.4 is 0 Å². The molecule has 0 aliphatic rings. The van der Waals surface area contributed by atoms with Gasteiger partial charge < -0.3 is 5.11 Å². The van der Waals surface area contributed by atoms with Gasteiger partial charge in [-0.3, -0.25) is 0 Å². The summed E-state index contributed by atoms with van der Waals surface area (Å²) in [5.41, 5.74) is -1.31. The first kappa shape index (κ1) is 12.3. The zero-order valence-electron chi connectivity index (χ0n) is 6.21. The summed E-state index contributed by atoms with van der Waals surface area (Å²) in [4.78, 5) is 0. The molecule has 0 saturated carbocycles. The van der Waals surface area contributed by atoms with Crippen molar-refractivity contribution in [1.29, 1.82) is 0 Å². The summed E-state index contributed by atoms with van der Waals surface area (Å²) in [6.07, 6.45) is -10.9. The summed E-state index contributed by atoms with van der Waals surface area (Å²) < 4.78 is 70.6. The van der Waals surface area contributed by atoms with Gasteiger partial charge in [0.15, 0.2) is 5.92 Å². The summed E-state index contributed by atoms with van der Waals surface area (Å²) in [5.74, 6) is -3.65. The fourth-order valence-electron chi connectivity index (χ4n) is 0.740. The summed E-state index contributed by atoms with van der Waals surface area (Å²) in [6, 6.07) is 0. The van der Waals surface area contributed by atoms with E-state index >= 15 is 0 Å². The number of aliphatic hydroxyl groups is 1. The molecule has 0 aromatic heterocycles. The topological polar surface area (TPSA) is 20.2 Å². The highest BCUT2D eigenvalue weighted by Crippen LogP contribution is 2.42. The Labute approximate surface area is 69.7 Å². The Hall–Kier alpha value is -0.720. The molecule has 0 radical (unpaired) electrons. The van der Waals surface area contributed by atoms with Crippen LogP contribution in [0.1, 0.15) is 0 Å². The van der Waals surface area contributed by atoms with E-state index < -0.39 is 30.5 Å². The van der Waals surface area contributed by atoms with E-state index in [0.717, 1.165) is 0 Å². The van der Waals surface area contributed by atoms with E-state index in [1.807, 2.05) is 0 Å². The van der Waals surface area contributed by atoms with E-state index in [-0.39, 0.29) is 0 Å². The summed E-state index contributed by atoms with van der Waals surface area (Å²) >= 11 is 0. The van der Waals surface area contributed by atoms with Crippen LogP contribution in [-0.4, -0.2) is 24.1 Å². The molecule has 0 unspecified atom stereocenters. The maximum Gasteiger partial charge on any atom is 0.404 e. The minimum absolute atomic E-state index is 1.31. The van der Waals surface area contributed by atoms with Gasteiger partial charge in [0.05, 0.1) is 6.61 Å². The van der Waals surface area contributed by atoms with E-state index in [9.17, 15) is 26.3 Å². The second-order valence-corrected chi connectivity index (χ2v) is 2.33. The number of halogens is 6. The highest BCUT2D eigenvalue weighted by atomic mass is 19.4. The summed E-state index contributed by atoms with van der Waals surface area (Å²) in [6.45, 7) is 1.17. The largest absolute Gasteiger partial charge is 0.404 e. The van der Waals surface area contributed by atoms with Gasteiger partial charge in [-0.1, -0.05) is 6.58 Å². The van der Waals surface area contributed by atoms with Gasteiger partial charge in [0.2, 0.25) is 0 Å². The van der Waals surface area contributed by atoms with Gasteiger partial charge in [-0.15, -0.1) is 0 Å². The lowest BCUT2D eigenvalue weighted by atomic mass is 10.0. The Morgan fingerprint density at radius 3 is 1.46 bits per heavy atom. The number of hydrogen-bond acceptors (Lipinski definition) is 1. The normalized spacial score (nSPS) is 13.5. The van der Waals surface area contributed by atoms with Gasteiger partial charge in [-0.05, 0) is 5.57 Å². The molecular weight excluding hydrogens is 202 g/mol. The Bertz CT molecular complexity index is 176. The van der Waals surface area contributed by atoms with Crippen LogP contribution in [0.3, 0.4) is 0 Å². The molecule has 0 spiro atoms. The maximum absolute atomic E-state index is 11.8. The van der Waals surface area contributed by atoms with Crippen LogP contribution in [0.5, 0.6) is 0 Å². The molecule has 0 aliphatic carbocycles. The Kier molecular flexibility index (Phi) is 3.37. The average molecular weight is 208 g/mol. The molecule has 1 N–H and O–H groups in total. The standard InChI is InChI=1S/C6H6F6O/c1-3(2-13)4(5(7,8)9)6(10,11)12/h4,13H,1-2H2. The van der Waals surface area contributed by atoms with E-state index in [0.29, 0.717) is 0 Å². The van der Waals surface area contributed by atoms with E-state index in [1.165, 1.54) is 0 Å². The first-order valence-corrected chi connectivity index (χ1v) is 3.02. The predicted octanol–water partition coefficient (Wildman–Crippen LogP) is 2.28. The minimum atomic E-state index is -5.46. The Balaban J connectivity index is 4.89. The molecule has 0 saturated heterocycles. The van der Waals surface area contributed by atoms with Crippen LogP contribution in [0.25, 0.3) is 0 Å². The maximum atomic E-state index is 11.8. The van der Waals surface area contributed by atoms with Gasteiger partial charge in [0.1, 0.15) is 0 Å². The number of hydrogen-bond donors (Lipinski definition) is 1. The Morgan fingerprint density at radius 1 is 1.08 bits per heavy atom. The second-order valence-electron chi connectivity index (χ2n) is 2.33. The van der Waals surface area contributed by atoms with Gasteiger partial charge in [0, 0.05) is 0 Å². The molecule has 0 heterocycles. The van der Waals surface area contributed by atoms with Gasteiger partial charge in [-0.2, -0.15) is 26.3 Å². The zero-order valence-corrected chi connectivity index (χ0v) is 6.21. The molecule has 78 valence electrons. The van der Waals surface area contributed by atoms with Crippen molar-refractivity contribution in [1.82, 2.24) is 0 Å². The average Bonchev–Trinajstić information content (AvgIpc) is 1.80. The van der Waals surface area contributed by atoms with Crippen molar-refractivity contribution >= 4 is 0 Å². The molecule has 0 bridgehead atoms. The monoisotopic (exact) mass is 208 g/mol. The van der Waals surface area contributed by atoms with Crippen molar-refractivity contribution in [3.05, 3.63) is 12.2 Å². The van der Waals surface area contributed by atoms with Gasteiger partial charge in [-0.25, -0.2) is 0 Å². The van der Waals surface area contributed by atoms with E-state index in [2.05, 4.69) is 6.58 Å². The molecule has 0 aromatic rings. The highest BCUT2D eigenvalue weighted by molar-refractivity contribution is 5.06. The van der Waals surface area contributed by atoms with Crippen molar-refractivity contribution in [2.24, 2.45) is 5.92 Å². The van der Waals surface area contributed by atoms with Crippen molar-refractivity contribution in [3.8, 4) is 0 Å². The van der Waals surface area contributed by atoms with Crippen LogP contribution in [-0.2, 0) is 0 Å². The molecule has 1 nitrogen and oxygen atoms in total. The highest BCUT2D eigenvalue weighted by Gasteiger charge is 2.57. The molecule has 0 aliphatic heterocycles. The van der Waals surface area contributed by atoms with Crippen molar-refractivity contribution in [2.75, 3.05) is 6.61 Å². The molecule has 7 heteroatoms. The molecule has 0 rings (SSSR count). The summed E-state index contributed by atoms with van der Waals surface area (Å²) in [5, 5.41) is 8.13. The van der Waals surface area contributed by atoms with Crippen LogP contribution in [0.2, 0.25) is 0 Å². The van der Waals surface area contributed by atoms with Gasteiger partial charge in [0.25, 0.3) is 0 Å². The third kappa shape index (κ3) is 3.25. The van der Waals surface area contributed by atoms with Crippen molar-refractivity contribution in [3.63, 3.8) is 0 Å². The summed E-state index contributed by atoms with van der Waals surface area (Å²) in [7, 11) is 0. The van der Waals surface area contributed by atoms with E-state index in [4.69, 9.17) is 5.11 Å². The second kappa shape index (κ2) is 3.57. The van der Waals surface area contributed by atoms with Gasteiger partial charge >= 0.3 is 12.4 Å². The van der Waals surface area contributed by atoms with Crippen molar-refractivity contribution in [2.45, 2.75) is 12.4 Å². The third-order valence-corrected chi connectivity index (χ3v) is 1.27. The SMILES string of the molecule is C=C(CO)C(C(F)(F)F)C(F)(F)F. The lowest BCUT2D eigenvalue weighted by Crippen LogP contribution is -2.38. The lowest BCUT2D eigenvalue weighted by molar-refractivity contribution is -0.272. The first-order valence-electron chi connectivity index (χ1n) is 3.02. The molecule has 13 heavy (non-hydrogen) atoms. The quantitative estimate of drug-likeness (QED) is 0.545. The third-order valence-electron chi connectivity index (χ3n) is 1.27. The zero-order chi connectivity index (χ0) is 10.9. The van der Waals surface area contributed by atoms with E-state index in [1.54, 1.807) is 0 Å². The first-order chi connectivity index (χ1) is 5.60. The molecular formula is C6H6F6O. The lowest BCUT2D eigenvalue weighted by Gasteiger charge is -2.23. The molecule has 0 amide bonds. The number of rotatable bonds is 2. The fourth-order valence-corrected chi connectivity index (χ4v) is 0.740. The smallest absolute Gasteiger partial charge is 0.392 e. The number of alkyl halides is 6. The van der Waals surface area contributed by atoms with Crippen LogP contribution in [0.4, 0.5) is 26.3 Å². The molecule has 0 fully saturated rings. The van der Waals surface area contributed by atoms with Crippen LogP contribution in [0, 0.1) is 5.92 Å². The minimum Gasteiger partial charge on any atom is -0.392 e. The predicted molar refractivity (Wildman–Crippen MR) is 31.8 cm³/mol. The molecule has 0 atom stereocenters. The van der Waals surface area contributed by atoms with Crippen LogP contribution in [0.15, 0.2) is 12.2 Å². The van der Waals surface area contributed by atoms with Crippen molar-refractivity contribution < 1.29 is 31.4 Å². The fraction of sp³-hybridized carbons (Fsp3) is 0.667. The Morgan fingerprint density at radius 2 is 1.38 bits per heavy atom.